The number of amides is 1. The van der Waals surface area contributed by atoms with Crippen LogP contribution >= 0.6 is 0 Å². The summed E-state index contributed by atoms with van der Waals surface area (Å²) in [5.41, 5.74) is 2.29. The van der Waals surface area contributed by atoms with Gasteiger partial charge in [0.15, 0.2) is 0 Å². The number of benzene rings is 2. The number of nitrogens with one attached hydrogen (secondary N) is 1. The standard InChI is InChI=1S/C19H13N5O6/c25-19(14-4-2-8-20-12-14)22-21-11-13-3-1-5-16(9-13)30-18-7-6-15(23(26)27)10-17(18)24(28)29/h1-12H,(H,22,25)/b21-11+. The van der Waals surface area contributed by atoms with E-state index in [4.69, 9.17) is 4.74 Å². The molecule has 11 nitrogen and oxygen atoms in total. The van der Waals surface area contributed by atoms with E-state index in [9.17, 15) is 25.0 Å². The molecule has 1 amide bonds. The van der Waals surface area contributed by atoms with E-state index < -0.39 is 27.1 Å². The van der Waals surface area contributed by atoms with Crippen molar-refractivity contribution in [2.24, 2.45) is 5.10 Å². The van der Waals surface area contributed by atoms with E-state index in [0.29, 0.717) is 11.1 Å². The maximum absolute atomic E-state index is 11.9. The number of hydrogen-bond donors (Lipinski definition) is 1. The first kappa shape index (κ1) is 20.1. The number of ether oxygens (including phenoxy) is 1. The van der Waals surface area contributed by atoms with Crippen LogP contribution < -0.4 is 10.2 Å². The lowest BCUT2D eigenvalue weighted by molar-refractivity contribution is -0.394. The average molecular weight is 407 g/mol. The van der Waals surface area contributed by atoms with Crippen LogP contribution in [0.5, 0.6) is 11.5 Å². The molecule has 0 aliphatic rings. The Balaban J connectivity index is 1.74. The Bertz CT molecular complexity index is 1130. The van der Waals surface area contributed by atoms with Crippen LogP contribution in [0.3, 0.4) is 0 Å². The minimum atomic E-state index is -0.762. The number of nitro groups is 2. The summed E-state index contributed by atoms with van der Waals surface area (Å²) in [5.74, 6) is -0.340. The molecule has 1 aromatic heterocycles. The third kappa shape index (κ3) is 4.98. The average Bonchev–Trinajstić information content (AvgIpc) is 2.74. The van der Waals surface area contributed by atoms with E-state index >= 15 is 0 Å². The van der Waals surface area contributed by atoms with Gasteiger partial charge in [-0.1, -0.05) is 12.1 Å². The third-order valence-corrected chi connectivity index (χ3v) is 3.74. The minimum Gasteiger partial charge on any atom is -0.450 e. The second-order valence-corrected chi connectivity index (χ2v) is 5.78. The lowest BCUT2D eigenvalue weighted by Crippen LogP contribution is -2.17. The van der Waals surface area contributed by atoms with E-state index in [-0.39, 0.29) is 11.5 Å². The fourth-order valence-corrected chi connectivity index (χ4v) is 2.36. The smallest absolute Gasteiger partial charge is 0.318 e. The van der Waals surface area contributed by atoms with Crippen molar-refractivity contribution >= 4 is 23.5 Å². The van der Waals surface area contributed by atoms with Crippen molar-refractivity contribution in [1.29, 1.82) is 0 Å². The minimum absolute atomic E-state index is 0.149. The lowest BCUT2D eigenvalue weighted by atomic mass is 10.2. The zero-order chi connectivity index (χ0) is 21.5. The van der Waals surface area contributed by atoms with Gasteiger partial charge < -0.3 is 4.74 Å². The summed E-state index contributed by atoms with van der Waals surface area (Å²) in [5, 5.41) is 25.9. The Morgan fingerprint density at radius 2 is 1.90 bits per heavy atom. The molecule has 2 aromatic carbocycles. The largest absolute Gasteiger partial charge is 0.450 e. The van der Waals surface area contributed by atoms with Crippen molar-refractivity contribution in [3.05, 3.63) is 98.3 Å². The molecule has 3 rings (SSSR count). The molecule has 3 aromatic rings. The second-order valence-electron chi connectivity index (χ2n) is 5.78. The van der Waals surface area contributed by atoms with Gasteiger partial charge in [0.1, 0.15) is 5.75 Å². The Morgan fingerprint density at radius 3 is 2.60 bits per heavy atom. The molecule has 0 spiro atoms. The first-order valence-corrected chi connectivity index (χ1v) is 8.38. The number of carbonyl (C=O) groups excluding carboxylic acids is 1. The summed E-state index contributed by atoms with van der Waals surface area (Å²) < 4.78 is 5.52. The summed E-state index contributed by atoms with van der Waals surface area (Å²) in [6.45, 7) is 0. The highest BCUT2D eigenvalue weighted by Crippen LogP contribution is 2.34. The van der Waals surface area contributed by atoms with Gasteiger partial charge in [0, 0.05) is 18.5 Å². The van der Waals surface area contributed by atoms with Crippen LogP contribution in [-0.2, 0) is 0 Å². The molecule has 0 saturated carbocycles. The molecule has 0 saturated heterocycles. The molecule has 0 radical (unpaired) electrons. The zero-order valence-corrected chi connectivity index (χ0v) is 15.2. The number of carbonyl (C=O) groups is 1. The molecule has 0 aliphatic heterocycles. The summed E-state index contributed by atoms with van der Waals surface area (Å²) in [6.07, 6.45) is 4.31. The van der Waals surface area contributed by atoms with Crippen molar-refractivity contribution in [3.63, 3.8) is 0 Å². The molecule has 0 bridgehead atoms. The van der Waals surface area contributed by atoms with Gasteiger partial charge in [0.25, 0.3) is 11.6 Å². The first-order valence-electron chi connectivity index (χ1n) is 8.38. The Kier molecular flexibility index (Phi) is 6.03. The van der Waals surface area contributed by atoms with Gasteiger partial charge in [-0.3, -0.25) is 30.0 Å². The quantitative estimate of drug-likeness (QED) is 0.358. The highest BCUT2D eigenvalue weighted by atomic mass is 16.6. The van der Waals surface area contributed by atoms with Crippen LogP contribution in [0.25, 0.3) is 0 Å². The third-order valence-electron chi connectivity index (χ3n) is 3.74. The monoisotopic (exact) mass is 407 g/mol. The predicted octanol–water partition coefficient (Wildman–Crippen LogP) is 3.45. The summed E-state index contributed by atoms with van der Waals surface area (Å²) in [4.78, 5) is 36.3. The fourth-order valence-electron chi connectivity index (χ4n) is 2.36. The van der Waals surface area contributed by atoms with Crippen LogP contribution in [0.2, 0.25) is 0 Å². The van der Waals surface area contributed by atoms with Crippen LogP contribution in [0.15, 0.2) is 72.1 Å². The van der Waals surface area contributed by atoms with Crippen molar-refractivity contribution in [2.75, 3.05) is 0 Å². The topological polar surface area (TPSA) is 150 Å². The molecular weight excluding hydrogens is 394 g/mol. The highest BCUT2D eigenvalue weighted by Gasteiger charge is 2.21. The summed E-state index contributed by atoms with van der Waals surface area (Å²) in [6, 6.07) is 12.7. The molecule has 1 heterocycles. The van der Waals surface area contributed by atoms with Crippen molar-refractivity contribution in [2.45, 2.75) is 0 Å². The van der Waals surface area contributed by atoms with E-state index in [1.54, 1.807) is 36.5 Å². The Labute approximate surface area is 168 Å². The molecule has 150 valence electrons. The molecule has 0 unspecified atom stereocenters. The van der Waals surface area contributed by atoms with Gasteiger partial charge in [-0.2, -0.15) is 5.10 Å². The molecule has 30 heavy (non-hydrogen) atoms. The number of hydrazone groups is 1. The number of rotatable bonds is 7. The summed E-state index contributed by atoms with van der Waals surface area (Å²) >= 11 is 0. The van der Waals surface area contributed by atoms with E-state index in [1.165, 1.54) is 18.5 Å². The molecular formula is C19H13N5O6. The van der Waals surface area contributed by atoms with Crippen LogP contribution in [0, 0.1) is 20.2 Å². The van der Waals surface area contributed by atoms with Gasteiger partial charge in [0.05, 0.1) is 27.7 Å². The van der Waals surface area contributed by atoms with Crippen LogP contribution in [-0.4, -0.2) is 27.0 Å². The van der Waals surface area contributed by atoms with Gasteiger partial charge in [-0.15, -0.1) is 0 Å². The number of nitrogens with zero attached hydrogens (tertiary/aromatic N) is 4. The highest BCUT2D eigenvalue weighted by molar-refractivity contribution is 5.94. The Hall–Kier alpha value is -4.67. The zero-order valence-electron chi connectivity index (χ0n) is 15.2. The van der Waals surface area contributed by atoms with Crippen molar-refractivity contribution in [3.8, 4) is 11.5 Å². The number of pyridine rings is 1. The molecule has 0 aliphatic carbocycles. The van der Waals surface area contributed by atoms with E-state index in [0.717, 1.165) is 18.2 Å². The molecule has 11 heteroatoms. The number of hydrogen-bond acceptors (Lipinski definition) is 8. The predicted molar refractivity (Wildman–Crippen MR) is 106 cm³/mol. The van der Waals surface area contributed by atoms with Gasteiger partial charge >= 0.3 is 5.69 Å². The van der Waals surface area contributed by atoms with E-state index in [2.05, 4.69) is 15.5 Å². The second kappa shape index (κ2) is 9.01. The molecule has 0 atom stereocenters. The fraction of sp³-hybridized carbons (Fsp3) is 0. The molecule has 1 N–H and O–H groups in total. The SMILES string of the molecule is O=C(N/N=C/c1cccc(Oc2ccc([N+](=O)[O-])cc2[N+](=O)[O-])c1)c1cccnc1. The van der Waals surface area contributed by atoms with E-state index in [1.807, 2.05) is 0 Å². The van der Waals surface area contributed by atoms with Gasteiger partial charge in [-0.25, -0.2) is 5.43 Å². The number of aromatic nitrogens is 1. The Morgan fingerprint density at radius 1 is 1.07 bits per heavy atom. The lowest BCUT2D eigenvalue weighted by Gasteiger charge is -2.07. The van der Waals surface area contributed by atoms with Crippen molar-refractivity contribution < 1.29 is 19.4 Å². The maximum atomic E-state index is 11.9. The summed E-state index contributed by atoms with van der Waals surface area (Å²) in [7, 11) is 0. The molecule has 0 fully saturated rings. The first-order chi connectivity index (χ1) is 14.4. The van der Waals surface area contributed by atoms with Crippen LogP contribution in [0.4, 0.5) is 11.4 Å². The normalized spacial score (nSPS) is 10.5. The van der Waals surface area contributed by atoms with Crippen molar-refractivity contribution in [1.82, 2.24) is 10.4 Å². The maximum Gasteiger partial charge on any atom is 0.318 e. The number of non-ortho nitro benzene ring substituents is 1. The van der Waals surface area contributed by atoms with Gasteiger partial charge in [0.2, 0.25) is 5.75 Å². The number of nitro benzene ring substituents is 2. The van der Waals surface area contributed by atoms with Gasteiger partial charge in [-0.05, 0) is 35.9 Å². The van der Waals surface area contributed by atoms with Crippen LogP contribution in [0.1, 0.15) is 15.9 Å².